The highest BCUT2D eigenvalue weighted by Crippen LogP contribution is 2.11. The van der Waals surface area contributed by atoms with Gasteiger partial charge in [0.15, 0.2) is 0 Å². The average molecular weight is 260 g/mol. The molecular weight excluding hydrogens is 226 g/mol. The first-order valence-electron chi connectivity index (χ1n) is 7.74. The Hall–Kier alpha value is -0.120. The molecule has 0 unspecified atom stereocenters. The van der Waals surface area contributed by atoms with Crippen LogP contribution in [-0.4, -0.2) is 54.6 Å². The fourth-order valence-electron chi connectivity index (χ4n) is 2.45. The molecule has 0 atom stereocenters. The molecule has 0 amide bonds. The third-order valence-corrected chi connectivity index (χ3v) is 3.83. The Kier molecular flexibility index (Phi) is 11.9. The Morgan fingerprint density at radius 2 is 1.11 bits per heavy atom. The van der Waals surface area contributed by atoms with Gasteiger partial charge in [0.05, 0.1) is 26.8 Å². The summed E-state index contributed by atoms with van der Waals surface area (Å²) in [6.07, 6.45) is 10.7. The summed E-state index contributed by atoms with van der Waals surface area (Å²) >= 11 is 0. The number of quaternary nitrogens is 1. The Labute approximate surface area is 113 Å². The maximum absolute atomic E-state index is 9.05. The van der Waals surface area contributed by atoms with Gasteiger partial charge in [-0.15, -0.1) is 0 Å². The van der Waals surface area contributed by atoms with Gasteiger partial charge >= 0.3 is 0 Å². The van der Waals surface area contributed by atoms with Crippen molar-refractivity contribution in [2.45, 2.75) is 58.3 Å². The number of aliphatic hydroxyl groups excluding tert-OH is 2. The zero-order chi connectivity index (χ0) is 13.7. The zero-order valence-electron chi connectivity index (χ0n) is 12.5. The molecule has 3 heteroatoms. The van der Waals surface area contributed by atoms with Crippen LogP contribution < -0.4 is 0 Å². The quantitative estimate of drug-likeness (QED) is 0.395. The largest absolute Gasteiger partial charge is 0.391 e. The molecule has 0 saturated heterocycles. The van der Waals surface area contributed by atoms with Gasteiger partial charge in [-0.25, -0.2) is 0 Å². The highest BCUT2D eigenvalue weighted by molar-refractivity contribution is 4.47. The van der Waals surface area contributed by atoms with Crippen molar-refractivity contribution in [1.29, 1.82) is 0 Å². The minimum Gasteiger partial charge on any atom is -0.391 e. The van der Waals surface area contributed by atoms with E-state index in [-0.39, 0.29) is 13.2 Å². The molecule has 0 aromatic carbocycles. The summed E-state index contributed by atoms with van der Waals surface area (Å²) in [6, 6.07) is 0. The van der Waals surface area contributed by atoms with E-state index in [1.165, 1.54) is 51.4 Å². The molecule has 0 bridgehead atoms. The van der Waals surface area contributed by atoms with Gasteiger partial charge in [0.1, 0.15) is 13.1 Å². The van der Waals surface area contributed by atoms with Crippen LogP contribution in [0.3, 0.4) is 0 Å². The highest BCUT2D eigenvalue weighted by atomic mass is 16.3. The molecule has 0 aromatic rings. The number of aliphatic hydroxyl groups is 2. The van der Waals surface area contributed by atoms with E-state index < -0.39 is 0 Å². The molecule has 0 radical (unpaired) electrons. The Bertz CT molecular complexity index is 168. The second-order valence-electron chi connectivity index (χ2n) is 5.71. The van der Waals surface area contributed by atoms with E-state index in [9.17, 15) is 0 Å². The van der Waals surface area contributed by atoms with E-state index in [4.69, 9.17) is 10.2 Å². The SMILES string of the molecule is CCCCCCCCCC[N+](C)(CCO)CCO. The molecule has 0 rings (SSSR count). The van der Waals surface area contributed by atoms with Crippen molar-refractivity contribution in [3.05, 3.63) is 0 Å². The first kappa shape index (κ1) is 17.9. The van der Waals surface area contributed by atoms with E-state index in [0.29, 0.717) is 0 Å². The lowest BCUT2D eigenvalue weighted by Crippen LogP contribution is -2.48. The maximum Gasteiger partial charge on any atom is 0.102 e. The third kappa shape index (κ3) is 9.86. The number of hydrogen-bond acceptors (Lipinski definition) is 2. The Balaban J connectivity index is 3.49. The van der Waals surface area contributed by atoms with Gasteiger partial charge in [-0.3, -0.25) is 0 Å². The normalized spacial score (nSPS) is 12.0. The van der Waals surface area contributed by atoms with Gasteiger partial charge < -0.3 is 14.7 Å². The molecule has 2 N–H and O–H groups in total. The van der Waals surface area contributed by atoms with Crippen LogP contribution in [0.25, 0.3) is 0 Å². The van der Waals surface area contributed by atoms with Crippen molar-refractivity contribution < 1.29 is 14.7 Å². The summed E-state index contributed by atoms with van der Waals surface area (Å²) in [5.74, 6) is 0. The van der Waals surface area contributed by atoms with Gasteiger partial charge in [-0.05, 0) is 12.8 Å². The number of unbranched alkanes of at least 4 members (excludes halogenated alkanes) is 7. The van der Waals surface area contributed by atoms with E-state index >= 15 is 0 Å². The Morgan fingerprint density at radius 3 is 1.56 bits per heavy atom. The summed E-state index contributed by atoms with van der Waals surface area (Å²) in [7, 11) is 2.13. The molecular formula is C15H34NO2+. The van der Waals surface area contributed by atoms with E-state index in [0.717, 1.165) is 24.1 Å². The van der Waals surface area contributed by atoms with Crippen LogP contribution in [0.5, 0.6) is 0 Å². The summed E-state index contributed by atoms with van der Waals surface area (Å²) in [4.78, 5) is 0. The molecule has 0 fully saturated rings. The van der Waals surface area contributed by atoms with Crippen LogP contribution >= 0.6 is 0 Å². The average Bonchev–Trinajstić information content (AvgIpc) is 2.33. The topological polar surface area (TPSA) is 40.5 Å². The first-order valence-corrected chi connectivity index (χ1v) is 7.74. The molecule has 0 aliphatic heterocycles. The molecule has 0 aliphatic carbocycles. The summed E-state index contributed by atoms with van der Waals surface area (Å²) < 4.78 is 0.808. The molecule has 0 spiro atoms. The van der Waals surface area contributed by atoms with Crippen molar-refractivity contribution in [2.75, 3.05) is 39.9 Å². The van der Waals surface area contributed by atoms with Crippen LogP contribution in [-0.2, 0) is 0 Å². The zero-order valence-corrected chi connectivity index (χ0v) is 12.5. The monoisotopic (exact) mass is 260 g/mol. The van der Waals surface area contributed by atoms with E-state index in [2.05, 4.69) is 14.0 Å². The van der Waals surface area contributed by atoms with Crippen molar-refractivity contribution in [3.8, 4) is 0 Å². The summed E-state index contributed by atoms with van der Waals surface area (Å²) in [5.41, 5.74) is 0. The van der Waals surface area contributed by atoms with E-state index in [1.807, 2.05) is 0 Å². The van der Waals surface area contributed by atoms with Gasteiger partial charge in [0.25, 0.3) is 0 Å². The van der Waals surface area contributed by atoms with Crippen LogP contribution in [0.4, 0.5) is 0 Å². The number of rotatable bonds is 13. The standard InChI is InChI=1S/C15H34NO2/c1-3-4-5-6-7-8-9-10-11-16(2,12-14-17)13-15-18/h17-18H,3-15H2,1-2H3/q+1. The lowest BCUT2D eigenvalue weighted by Gasteiger charge is -2.33. The first-order chi connectivity index (χ1) is 8.68. The minimum atomic E-state index is 0.216. The minimum absolute atomic E-state index is 0.216. The van der Waals surface area contributed by atoms with Crippen LogP contribution in [0.1, 0.15) is 58.3 Å². The number of likely N-dealkylation sites (N-methyl/N-ethyl adjacent to an activating group) is 1. The smallest absolute Gasteiger partial charge is 0.102 e. The number of nitrogens with zero attached hydrogens (tertiary/aromatic N) is 1. The third-order valence-electron chi connectivity index (χ3n) is 3.83. The van der Waals surface area contributed by atoms with Crippen molar-refractivity contribution in [2.24, 2.45) is 0 Å². The molecule has 18 heavy (non-hydrogen) atoms. The van der Waals surface area contributed by atoms with Crippen molar-refractivity contribution in [3.63, 3.8) is 0 Å². The Morgan fingerprint density at radius 1 is 0.667 bits per heavy atom. The predicted octanol–water partition coefficient (Wildman–Crippen LogP) is 2.56. The van der Waals surface area contributed by atoms with Gasteiger partial charge in [-0.1, -0.05) is 45.4 Å². The second kappa shape index (κ2) is 11.9. The van der Waals surface area contributed by atoms with E-state index in [1.54, 1.807) is 0 Å². The summed E-state index contributed by atoms with van der Waals surface area (Å²) in [5, 5.41) is 18.1. The van der Waals surface area contributed by atoms with Crippen molar-refractivity contribution in [1.82, 2.24) is 0 Å². The molecule has 0 aliphatic rings. The van der Waals surface area contributed by atoms with Crippen LogP contribution in [0.15, 0.2) is 0 Å². The molecule has 0 aromatic heterocycles. The van der Waals surface area contributed by atoms with Gasteiger partial charge in [0, 0.05) is 0 Å². The highest BCUT2D eigenvalue weighted by Gasteiger charge is 2.19. The fourth-order valence-corrected chi connectivity index (χ4v) is 2.45. The number of hydrogen-bond donors (Lipinski definition) is 2. The predicted molar refractivity (Wildman–Crippen MR) is 77.6 cm³/mol. The molecule has 110 valence electrons. The second-order valence-corrected chi connectivity index (χ2v) is 5.71. The fraction of sp³-hybridized carbons (Fsp3) is 1.00. The lowest BCUT2D eigenvalue weighted by atomic mass is 10.1. The summed E-state index contributed by atoms with van der Waals surface area (Å²) in [6.45, 7) is 5.28. The van der Waals surface area contributed by atoms with Crippen molar-refractivity contribution >= 4 is 0 Å². The molecule has 3 nitrogen and oxygen atoms in total. The molecule has 0 heterocycles. The van der Waals surface area contributed by atoms with Gasteiger partial charge in [-0.2, -0.15) is 0 Å². The van der Waals surface area contributed by atoms with Crippen LogP contribution in [0, 0.1) is 0 Å². The lowest BCUT2D eigenvalue weighted by molar-refractivity contribution is -0.910. The maximum atomic E-state index is 9.05. The molecule has 0 saturated carbocycles. The van der Waals surface area contributed by atoms with Crippen LogP contribution in [0.2, 0.25) is 0 Å². The van der Waals surface area contributed by atoms with Gasteiger partial charge in [0.2, 0.25) is 0 Å².